The van der Waals surface area contributed by atoms with E-state index in [4.69, 9.17) is 0 Å². The van der Waals surface area contributed by atoms with Crippen molar-refractivity contribution in [1.29, 1.82) is 0 Å². The maximum absolute atomic E-state index is 12.6. The summed E-state index contributed by atoms with van der Waals surface area (Å²) in [6.45, 7) is 0.900. The van der Waals surface area contributed by atoms with E-state index in [0.29, 0.717) is 19.0 Å². The summed E-state index contributed by atoms with van der Waals surface area (Å²) in [5, 5.41) is 3.60. The van der Waals surface area contributed by atoms with Crippen LogP contribution in [0.3, 0.4) is 0 Å². The minimum atomic E-state index is -2.89. The highest BCUT2D eigenvalue weighted by molar-refractivity contribution is 7.91. The number of nitrogens with zero attached hydrogens (tertiary/aromatic N) is 2. The van der Waals surface area contributed by atoms with Crippen LogP contribution in [0.2, 0.25) is 0 Å². The summed E-state index contributed by atoms with van der Waals surface area (Å²) in [5.41, 5.74) is 0. The van der Waals surface area contributed by atoms with Crippen molar-refractivity contribution in [2.45, 2.75) is 38.5 Å². The van der Waals surface area contributed by atoms with Gasteiger partial charge in [0.05, 0.1) is 11.5 Å². The molecule has 21 heavy (non-hydrogen) atoms. The number of hydrazine groups is 1. The first-order valence-electron chi connectivity index (χ1n) is 8.21. The van der Waals surface area contributed by atoms with E-state index in [2.05, 4.69) is 0 Å². The lowest BCUT2D eigenvalue weighted by molar-refractivity contribution is -0.147. The minimum absolute atomic E-state index is 0.168. The molecule has 2 aliphatic carbocycles. The largest absolute Gasteiger partial charge is 0.278 e. The van der Waals surface area contributed by atoms with Gasteiger partial charge in [0.15, 0.2) is 9.84 Å². The van der Waals surface area contributed by atoms with Crippen molar-refractivity contribution in [1.82, 2.24) is 10.0 Å². The van der Waals surface area contributed by atoms with Gasteiger partial charge in [-0.1, -0.05) is 32.1 Å². The van der Waals surface area contributed by atoms with Crippen molar-refractivity contribution in [2.24, 2.45) is 17.8 Å². The Morgan fingerprint density at radius 2 is 1.71 bits per heavy atom. The molecule has 120 valence electrons. The fraction of sp³-hybridized carbons (Fsp3) is 0.933. The van der Waals surface area contributed by atoms with Gasteiger partial charge in [0.1, 0.15) is 0 Å². The van der Waals surface area contributed by atoms with Gasteiger partial charge in [-0.05, 0) is 18.3 Å². The Bertz CT molecular complexity index is 485. The Labute approximate surface area is 127 Å². The molecule has 0 N–H and O–H groups in total. The molecule has 0 aromatic rings. The molecule has 6 heteroatoms. The normalized spacial score (nSPS) is 33.6. The Hall–Kier alpha value is -0.620. The third-order valence-corrected chi connectivity index (χ3v) is 7.09. The van der Waals surface area contributed by atoms with Crippen molar-refractivity contribution in [2.75, 3.05) is 31.6 Å². The second-order valence-corrected chi connectivity index (χ2v) is 9.18. The van der Waals surface area contributed by atoms with Crippen LogP contribution in [0.1, 0.15) is 38.5 Å². The van der Waals surface area contributed by atoms with E-state index >= 15 is 0 Å². The van der Waals surface area contributed by atoms with Crippen LogP contribution in [0.15, 0.2) is 0 Å². The third kappa shape index (κ3) is 3.42. The first-order valence-corrected chi connectivity index (χ1v) is 10.0. The van der Waals surface area contributed by atoms with Gasteiger partial charge in [-0.3, -0.25) is 9.80 Å². The van der Waals surface area contributed by atoms with E-state index in [1.54, 1.807) is 12.1 Å². The van der Waals surface area contributed by atoms with Crippen LogP contribution in [-0.4, -0.2) is 56.0 Å². The molecule has 0 radical (unpaired) electrons. The predicted octanol–water partition coefficient (Wildman–Crippen LogP) is 1.31. The van der Waals surface area contributed by atoms with E-state index in [0.717, 1.165) is 12.3 Å². The number of hydrogen-bond donors (Lipinski definition) is 0. The number of rotatable bonds is 3. The number of carbonyl (C=O) groups is 1. The fourth-order valence-corrected chi connectivity index (χ4v) is 5.15. The average molecular weight is 314 g/mol. The molecule has 2 saturated carbocycles. The van der Waals surface area contributed by atoms with Gasteiger partial charge in [-0.2, -0.15) is 0 Å². The molecule has 1 saturated heterocycles. The van der Waals surface area contributed by atoms with Crippen LogP contribution in [0.25, 0.3) is 0 Å². The smallest absolute Gasteiger partial charge is 0.240 e. The molecule has 1 heterocycles. The lowest BCUT2D eigenvalue weighted by Gasteiger charge is -2.35. The lowest BCUT2D eigenvalue weighted by atomic mass is 9.85. The Balaban J connectivity index is 1.52. The fourth-order valence-electron chi connectivity index (χ4n) is 3.96. The monoisotopic (exact) mass is 314 g/mol. The Morgan fingerprint density at radius 3 is 2.33 bits per heavy atom. The minimum Gasteiger partial charge on any atom is -0.278 e. The second-order valence-electron chi connectivity index (χ2n) is 6.87. The molecule has 2 unspecified atom stereocenters. The van der Waals surface area contributed by atoms with E-state index in [9.17, 15) is 13.2 Å². The number of carbonyl (C=O) groups excluding carboxylic acids is 1. The highest BCUT2D eigenvalue weighted by Crippen LogP contribution is 2.50. The van der Waals surface area contributed by atoms with Crippen molar-refractivity contribution in [3.8, 4) is 0 Å². The van der Waals surface area contributed by atoms with E-state index in [1.807, 2.05) is 5.01 Å². The van der Waals surface area contributed by atoms with Crippen LogP contribution in [0.4, 0.5) is 0 Å². The zero-order valence-electron chi connectivity index (χ0n) is 12.8. The SMILES string of the molecule is CN(C(=O)C1CC1C1CCCCC1)N1CCS(=O)(=O)CC1. The first kappa shape index (κ1) is 15.3. The van der Waals surface area contributed by atoms with E-state index in [1.165, 1.54) is 32.1 Å². The van der Waals surface area contributed by atoms with E-state index < -0.39 is 9.84 Å². The molecule has 0 spiro atoms. The molecule has 0 aromatic heterocycles. The van der Waals surface area contributed by atoms with Gasteiger partial charge in [0, 0.05) is 26.1 Å². The Kier molecular flexibility index (Phi) is 4.28. The van der Waals surface area contributed by atoms with Crippen LogP contribution in [-0.2, 0) is 14.6 Å². The maximum atomic E-state index is 12.6. The molecular weight excluding hydrogens is 288 g/mol. The van der Waals surface area contributed by atoms with Gasteiger partial charge < -0.3 is 0 Å². The van der Waals surface area contributed by atoms with Crippen molar-refractivity contribution >= 4 is 15.7 Å². The summed E-state index contributed by atoms with van der Waals surface area (Å²) in [6, 6.07) is 0. The quantitative estimate of drug-likeness (QED) is 0.788. The van der Waals surface area contributed by atoms with Crippen LogP contribution in [0.5, 0.6) is 0 Å². The summed E-state index contributed by atoms with van der Waals surface area (Å²) in [4.78, 5) is 12.6. The van der Waals surface area contributed by atoms with Crippen molar-refractivity contribution in [3.63, 3.8) is 0 Å². The summed E-state index contributed by atoms with van der Waals surface area (Å²) in [7, 11) is -1.08. The zero-order valence-corrected chi connectivity index (χ0v) is 13.6. The summed E-state index contributed by atoms with van der Waals surface area (Å²) < 4.78 is 22.9. The molecule has 3 aliphatic rings. The second kappa shape index (κ2) is 5.88. The summed E-state index contributed by atoms with van der Waals surface area (Å²) in [6.07, 6.45) is 7.62. The molecule has 0 aromatic carbocycles. The van der Waals surface area contributed by atoms with Crippen molar-refractivity contribution < 1.29 is 13.2 Å². The molecule has 1 aliphatic heterocycles. The van der Waals surface area contributed by atoms with Gasteiger partial charge in [-0.15, -0.1) is 0 Å². The van der Waals surface area contributed by atoms with Crippen LogP contribution >= 0.6 is 0 Å². The standard InChI is InChI=1S/C15H26N2O3S/c1-16(17-7-9-21(19,20)10-8-17)15(18)14-11-13(14)12-5-3-2-4-6-12/h12-14H,2-11H2,1H3. The molecule has 3 fully saturated rings. The van der Waals surface area contributed by atoms with Crippen LogP contribution in [0, 0.1) is 17.8 Å². The first-order chi connectivity index (χ1) is 9.98. The molecule has 0 bridgehead atoms. The van der Waals surface area contributed by atoms with Gasteiger partial charge in [-0.25, -0.2) is 13.4 Å². The molecule has 2 atom stereocenters. The Morgan fingerprint density at radius 1 is 1.10 bits per heavy atom. The summed E-state index contributed by atoms with van der Waals surface area (Å²) in [5.74, 6) is 2.07. The highest BCUT2D eigenvalue weighted by atomic mass is 32.2. The molecule has 1 amide bonds. The van der Waals surface area contributed by atoms with E-state index in [-0.39, 0.29) is 23.3 Å². The number of amides is 1. The summed E-state index contributed by atoms with van der Waals surface area (Å²) >= 11 is 0. The lowest BCUT2D eigenvalue weighted by Crippen LogP contribution is -2.51. The molecular formula is C15H26N2O3S. The topological polar surface area (TPSA) is 57.7 Å². The molecule has 5 nitrogen and oxygen atoms in total. The zero-order chi connectivity index (χ0) is 15.0. The predicted molar refractivity (Wildman–Crippen MR) is 81.2 cm³/mol. The third-order valence-electron chi connectivity index (χ3n) is 5.48. The van der Waals surface area contributed by atoms with Crippen molar-refractivity contribution in [3.05, 3.63) is 0 Å². The van der Waals surface area contributed by atoms with Gasteiger partial charge in [0.25, 0.3) is 0 Å². The molecule has 3 rings (SSSR count). The number of sulfone groups is 1. The average Bonchev–Trinajstić information content (AvgIpc) is 3.27. The number of hydrogen-bond acceptors (Lipinski definition) is 4. The maximum Gasteiger partial charge on any atom is 0.240 e. The highest BCUT2D eigenvalue weighted by Gasteiger charge is 2.49. The van der Waals surface area contributed by atoms with Gasteiger partial charge in [0.2, 0.25) is 5.91 Å². The van der Waals surface area contributed by atoms with Crippen LogP contribution < -0.4 is 0 Å². The van der Waals surface area contributed by atoms with Gasteiger partial charge >= 0.3 is 0 Å².